The summed E-state index contributed by atoms with van der Waals surface area (Å²) in [6.45, 7) is 0. The highest BCUT2D eigenvalue weighted by molar-refractivity contribution is 5.73. The molecule has 1 fully saturated rings. The first-order valence-corrected chi connectivity index (χ1v) is 4.64. The Hall–Kier alpha value is -1.38. The Morgan fingerprint density at radius 3 is 2.57 bits per heavy atom. The molecule has 1 aliphatic rings. The first kappa shape index (κ1) is 9.19. The Bertz CT molecular complexity index is 345. The summed E-state index contributed by atoms with van der Waals surface area (Å²) in [5.41, 5.74) is 1.01. The second kappa shape index (κ2) is 3.40. The van der Waals surface area contributed by atoms with Crippen molar-refractivity contribution in [3.8, 4) is 0 Å². The van der Waals surface area contributed by atoms with Gasteiger partial charge in [0.15, 0.2) is 0 Å². The van der Waals surface area contributed by atoms with Gasteiger partial charge < -0.3 is 5.11 Å². The first-order chi connectivity index (χ1) is 6.66. The second-order valence-corrected chi connectivity index (χ2v) is 3.77. The summed E-state index contributed by atoms with van der Waals surface area (Å²) in [6.07, 6.45) is 1.50. The van der Waals surface area contributed by atoms with E-state index in [0.717, 1.165) is 18.4 Å². The fraction of sp³-hybridized carbons (Fsp3) is 0.364. The molecule has 0 bridgehead atoms. The van der Waals surface area contributed by atoms with Crippen molar-refractivity contribution in [2.24, 2.45) is 11.8 Å². The molecule has 0 amide bonds. The predicted octanol–water partition coefficient (Wildman–Crippen LogP) is 2.09. The lowest BCUT2D eigenvalue weighted by molar-refractivity contribution is -0.138. The topological polar surface area (TPSA) is 37.3 Å². The molecule has 0 aromatic heterocycles. The van der Waals surface area contributed by atoms with Crippen LogP contribution in [-0.4, -0.2) is 11.1 Å². The SMILES string of the molecule is O=C(O)[C@@H]1C[C@@H]1Cc1ccc(F)cc1. The maximum absolute atomic E-state index is 12.6. The van der Waals surface area contributed by atoms with Gasteiger partial charge in [-0.3, -0.25) is 4.79 Å². The maximum Gasteiger partial charge on any atom is 0.306 e. The molecule has 0 unspecified atom stereocenters. The van der Waals surface area contributed by atoms with E-state index in [1.807, 2.05) is 0 Å². The minimum absolute atomic E-state index is 0.181. The lowest BCUT2D eigenvalue weighted by atomic mass is 10.1. The van der Waals surface area contributed by atoms with Gasteiger partial charge in [0, 0.05) is 0 Å². The second-order valence-electron chi connectivity index (χ2n) is 3.77. The number of aliphatic carboxylic acids is 1. The third kappa shape index (κ3) is 1.92. The Morgan fingerprint density at radius 2 is 2.07 bits per heavy atom. The molecule has 2 rings (SSSR count). The molecule has 14 heavy (non-hydrogen) atoms. The van der Waals surface area contributed by atoms with Gasteiger partial charge in [-0.2, -0.15) is 0 Å². The molecule has 3 heteroatoms. The van der Waals surface area contributed by atoms with Crippen molar-refractivity contribution in [1.82, 2.24) is 0 Å². The van der Waals surface area contributed by atoms with Gasteiger partial charge >= 0.3 is 5.97 Å². The number of benzene rings is 1. The summed E-state index contributed by atoms with van der Waals surface area (Å²) in [5, 5.41) is 8.69. The van der Waals surface area contributed by atoms with Crippen LogP contribution in [0.15, 0.2) is 24.3 Å². The van der Waals surface area contributed by atoms with Crippen molar-refractivity contribution in [3.05, 3.63) is 35.6 Å². The molecule has 0 aliphatic heterocycles. The van der Waals surface area contributed by atoms with Crippen LogP contribution < -0.4 is 0 Å². The van der Waals surface area contributed by atoms with Crippen molar-refractivity contribution in [1.29, 1.82) is 0 Å². The zero-order chi connectivity index (χ0) is 10.1. The van der Waals surface area contributed by atoms with Crippen LogP contribution in [0, 0.1) is 17.7 Å². The quantitative estimate of drug-likeness (QED) is 0.799. The molecule has 0 saturated heterocycles. The molecule has 2 atom stereocenters. The van der Waals surface area contributed by atoms with Gasteiger partial charge in [0.2, 0.25) is 0 Å². The lowest BCUT2D eigenvalue weighted by Gasteiger charge is -1.98. The van der Waals surface area contributed by atoms with Crippen LogP contribution in [0.4, 0.5) is 4.39 Å². The molecule has 1 N–H and O–H groups in total. The van der Waals surface area contributed by atoms with Crippen molar-refractivity contribution < 1.29 is 14.3 Å². The Labute approximate surface area is 81.4 Å². The summed E-state index contributed by atoms with van der Waals surface area (Å²) in [5.74, 6) is -0.894. The highest BCUT2D eigenvalue weighted by Crippen LogP contribution is 2.41. The average Bonchev–Trinajstić information content (AvgIpc) is 2.88. The van der Waals surface area contributed by atoms with Gasteiger partial charge in [-0.1, -0.05) is 12.1 Å². The molecule has 74 valence electrons. The van der Waals surface area contributed by atoms with Crippen LogP contribution >= 0.6 is 0 Å². The van der Waals surface area contributed by atoms with Crippen molar-refractivity contribution >= 4 is 5.97 Å². The van der Waals surface area contributed by atoms with Crippen LogP contribution in [0.2, 0.25) is 0 Å². The van der Waals surface area contributed by atoms with Crippen LogP contribution in [0.3, 0.4) is 0 Å². The molecular formula is C11H11FO2. The summed E-state index contributed by atoms with van der Waals surface area (Å²) in [6, 6.07) is 6.25. The van der Waals surface area contributed by atoms with Crippen molar-refractivity contribution in [2.45, 2.75) is 12.8 Å². The van der Waals surface area contributed by atoms with Crippen molar-refractivity contribution in [3.63, 3.8) is 0 Å². The van der Waals surface area contributed by atoms with E-state index >= 15 is 0 Å². The summed E-state index contributed by atoms with van der Waals surface area (Å²) in [4.78, 5) is 10.6. The van der Waals surface area contributed by atoms with Crippen LogP contribution in [-0.2, 0) is 11.2 Å². The molecule has 1 aromatic carbocycles. The third-order valence-electron chi connectivity index (χ3n) is 2.65. The van der Waals surface area contributed by atoms with E-state index < -0.39 is 5.97 Å². The fourth-order valence-electron chi connectivity index (χ4n) is 1.70. The van der Waals surface area contributed by atoms with Crippen molar-refractivity contribution in [2.75, 3.05) is 0 Å². The molecule has 1 aliphatic carbocycles. The number of hydrogen-bond acceptors (Lipinski definition) is 1. The minimum atomic E-state index is -0.711. The molecule has 2 nitrogen and oxygen atoms in total. The maximum atomic E-state index is 12.6. The zero-order valence-corrected chi connectivity index (χ0v) is 7.61. The Balaban J connectivity index is 1.94. The summed E-state index contributed by atoms with van der Waals surface area (Å²) < 4.78 is 12.6. The molecular weight excluding hydrogens is 183 g/mol. The lowest BCUT2D eigenvalue weighted by Crippen LogP contribution is -2.01. The number of carboxylic acids is 1. The number of halogens is 1. The largest absolute Gasteiger partial charge is 0.481 e. The molecule has 1 aromatic rings. The van der Waals surface area contributed by atoms with Gasteiger partial charge in [0.05, 0.1) is 5.92 Å². The van der Waals surface area contributed by atoms with E-state index in [0.29, 0.717) is 0 Å². The summed E-state index contributed by atoms with van der Waals surface area (Å²) in [7, 11) is 0. The fourth-order valence-corrected chi connectivity index (χ4v) is 1.70. The van der Waals surface area contributed by atoms with E-state index in [2.05, 4.69) is 0 Å². The molecule has 0 spiro atoms. The average molecular weight is 194 g/mol. The zero-order valence-electron chi connectivity index (χ0n) is 7.61. The monoisotopic (exact) mass is 194 g/mol. The van der Waals surface area contributed by atoms with E-state index in [-0.39, 0.29) is 17.7 Å². The predicted molar refractivity (Wildman–Crippen MR) is 49.3 cm³/mol. The Morgan fingerprint density at radius 1 is 1.43 bits per heavy atom. The van der Waals surface area contributed by atoms with Gasteiger partial charge in [-0.15, -0.1) is 0 Å². The number of carboxylic acid groups (broad SMARTS) is 1. The first-order valence-electron chi connectivity index (χ1n) is 4.64. The number of hydrogen-bond donors (Lipinski definition) is 1. The van der Waals surface area contributed by atoms with Gasteiger partial charge in [0.25, 0.3) is 0 Å². The molecule has 0 heterocycles. The van der Waals surface area contributed by atoms with Crippen LogP contribution in [0.5, 0.6) is 0 Å². The van der Waals surface area contributed by atoms with Gasteiger partial charge in [0.1, 0.15) is 5.82 Å². The van der Waals surface area contributed by atoms with E-state index in [9.17, 15) is 9.18 Å². The number of rotatable bonds is 3. The van der Waals surface area contributed by atoms with Gasteiger partial charge in [-0.05, 0) is 36.5 Å². The summed E-state index contributed by atoms with van der Waals surface area (Å²) >= 11 is 0. The minimum Gasteiger partial charge on any atom is -0.481 e. The van der Waals surface area contributed by atoms with Crippen LogP contribution in [0.1, 0.15) is 12.0 Å². The van der Waals surface area contributed by atoms with E-state index in [1.165, 1.54) is 12.1 Å². The van der Waals surface area contributed by atoms with Crippen LogP contribution in [0.25, 0.3) is 0 Å². The van der Waals surface area contributed by atoms with Gasteiger partial charge in [-0.25, -0.2) is 4.39 Å². The smallest absolute Gasteiger partial charge is 0.306 e. The standard InChI is InChI=1S/C11H11FO2/c12-9-3-1-7(2-4-9)5-8-6-10(8)11(13)14/h1-4,8,10H,5-6H2,(H,13,14)/t8-,10+/m0/s1. The van der Waals surface area contributed by atoms with E-state index in [1.54, 1.807) is 12.1 Å². The van der Waals surface area contributed by atoms with E-state index in [4.69, 9.17) is 5.11 Å². The highest BCUT2D eigenvalue weighted by atomic mass is 19.1. The normalized spacial score (nSPS) is 24.6. The Kier molecular flexibility index (Phi) is 2.23. The highest BCUT2D eigenvalue weighted by Gasteiger charge is 2.42. The number of carbonyl (C=O) groups is 1. The third-order valence-corrected chi connectivity index (χ3v) is 2.65. The molecule has 1 saturated carbocycles. The molecule has 0 radical (unpaired) electrons.